The van der Waals surface area contributed by atoms with E-state index in [2.05, 4.69) is 4.72 Å². The van der Waals surface area contributed by atoms with E-state index in [1.165, 1.54) is 4.31 Å². The molecule has 0 atom stereocenters. The molecule has 76 valence electrons. The Labute approximate surface area is 87.7 Å². The molecule has 4 nitrogen and oxygen atoms in total. The van der Waals surface area contributed by atoms with Crippen LogP contribution in [-0.4, -0.2) is 21.5 Å². The highest BCUT2D eigenvalue weighted by Crippen LogP contribution is 2.22. The van der Waals surface area contributed by atoms with E-state index in [0.717, 1.165) is 0 Å². The first-order valence-corrected chi connectivity index (χ1v) is 5.94. The Balaban J connectivity index is 2.41. The van der Waals surface area contributed by atoms with Crippen molar-refractivity contribution in [2.24, 2.45) is 0 Å². The number of benzene rings is 1. The minimum Gasteiger partial charge on any atom is -0.256 e. The number of nitrogens with one attached hydrogen (secondary N) is 1. The molecule has 1 saturated heterocycles. The van der Waals surface area contributed by atoms with Gasteiger partial charge >= 0.3 is 10.2 Å². The lowest BCUT2D eigenvalue weighted by molar-refractivity contribution is 0.592. The number of hydrogen-bond donors (Lipinski definition) is 1. The van der Waals surface area contributed by atoms with E-state index in [1.807, 2.05) is 0 Å². The molecule has 0 saturated carbocycles. The Morgan fingerprint density at radius 2 is 2.21 bits per heavy atom. The molecule has 1 heterocycles. The van der Waals surface area contributed by atoms with Gasteiger partial charge in [0.2, 0.25) is 0 Å². The van der Waals surface area contributed by atoms with Gasteiger partial charge in [-0.3, -0.25) is 4.31 Å². The van der Waals surface area contributed by atoms with E-state index in [9.17, 15) is 8.42 Å². The molecule has 6 heteroatoms. The first-order chi connectivity index (χ1) is 6.59. The summed E-state index contributed by atoms with van der Waals surface area (Å²) in [6.45, 7) is 0.886. The third-order valence-corrected chi connectivity index (χ3v) is 3.76. The molecule has 2 rings (SSSR count). The van der Waals surface area contributed by atoms with Crippen molar-refractivity contribution >= 4 is 27.5 Å². The summed E-state index contributed by atoms with van der Waals surface area (Å²) < 4.78 is 26.6. The second-order valence-electron chi connectivity index (χ2n) is 2.95. The zero-order valence-electron chi connectivity index (χ0n) is 7.27. The van der Waals surface area contributed by atoms with E-state index in [-0.39, 0.29) is 0 Å². The molecule has 1 aromatic carbocycles. The Kier molecular flexibility index (Phi) is 2.38. The highest BCUT2D eigenvalue weighted by Gasteiger charge is 2.27. The van der Waals surface area contributed by atoms with Gasteiger partial charge in [0.1, 0.15) is 0 Å². The smallest absolute Gasteiger partial charge is 0.256 e. The highest BCUT2D eigenvalue weighted by molar-refractivity contribution is 7.91. The lowest BCUT2D eigenvalue weighted by Crippen LogP contribution is -2.29. The largest absolute Gasteiger partial charge is 0.301 e. The SMILES string of the molecule is O=S1(=O)NCCN1c1cccc(Cl)c1. The van der Waals surface area contributed by atoms with Crippen LogP contribution in [0.2, 0.25) is 5.02 Å². The second kappa shape index (κ2) is 3.42. The first-order valence-electron chi connectivity index (χ1n) is 4.12. The third-order valence-electron chi connectivity index (χ3n) is 1.99. The molecule has 1 N–H and O–H groups in total. The number of nitrogens with zero attached hydrogens (tertiary/aromatic N) is 1. The van der Waals surface area contributed by atoms with Crippen molar-refractivity contribution in [1.82, 2.24) is 4.72 Å². The number of hydrogen-bond acceptors (Lipinski definition) is 2. The molecule has 0 aromatic heterocycles. The average molecular weight is 233 g/mol. The summed E-state index contributed by atoms with van der Waals surface area (Å²) in [4.78, 5) is 0. The van der Waals surface area contributed by atoms with Crippen molar-refractivity contribution in [2.45, 2.75) is 0 Å². The predicted octanol–water partition coefficient (Wildman–Crippen LogP) is 0.994. The molecular weight excluding hydrogens is 224 g/mol. The zero-order valence-corrected chi connectivity index (χ0v) is 8.85. The maximum Gasteiger partial charge on any atom is 0.301 e. The Morgan fingerprint density at radius 1 is 1.43 bits per heavy atom. The molecule has 1 aliphatic rings. The van der Waals surface area contributed by atoms with Gasteiger partial charge in [-0.1, -0.05) is 17.7 Å². The van der Waals surface area contributed by atoms with Crippen LogP contribution in [0.3, 0.4) is 0 Å². The Bertz CT molecular complexity index is 446. The monoisotopic (exact) mass is 232 g/mol. The van der Waals surface area contributed by atoms with Crippen LogP contribution in [0.25, 0.3) is 0 Å². The average Bonchev–Trinajstić information content (AvgIpc) is 2.45. The molecule has 1 aromatic rings. The van der Waals surface area contributed by atoms with Crippen LogP contribution in [0.15, 0.2) is 24.3 Å². The van der Waals surface area contributed by atoms with Gasteiger partial charge in [-0.2, -0.15) is 13.1 Å². The minimum atomic E-state index is -3.33. The standard InChI is InChI=1S/C8H9ClN2O2S/c9-7-2-1-3-8(6-7)11-5-4-10-14(11,12)13/h1-3,6,10H,4-5H2. The van der Waals surface area contributed by atoms with E-state index < -0.39 is 10.2 Å². The quantitative estimate of drug-likeness (QED) is 0.785. The van der Waals surface area contributed by atoms with Crippen LogP contribution >= 0.6 is 11.6 Å². The summed E-state index contributed by atoms with van der Waals surface area (Å²) in [6.07, 6.45) is 0. The highest BCUT2D eigenvalue weighted by atomic mass is 35.5. The minimum absolute atomic E-state index is 0.439. The van der Waals surface area contributed by atoms with E-state index >= 15 is 0 Å². The summed E-state index contributed by atoms with van der Waals surface area (Å²) in [7, 11) is -3.33. The third kappa shape index (κ3) is 1.70. The van der Waals surface area contributed by atoms with Crippen molar-refractivity contribution in [3.05, 3.63) is 29.3 Å². The van der Waals surface area contributed by atoms with Crippen LogP contribution in [0.4, 0.5) is 5.69 Å². The fraction of sp³-hybridized carbons (Fsp3) is 0.250. The molecule has 1 fully saturated rings. The van der Waals surface area contributed by atoms with Gasteiger partial charge in [-0.05, 0) is 18.2 Å². The number of rotatable bonds is 1. The van der Waals surface area contributed by atoms with Crippen LogP contribution in [0.1, 0.15) is 0 Å². The molecule has 0 amide bonds. The molecule has 0 bridgehead atoms. The second-order valence-corrected chi connectivity index (χ2v) is 5.07. The van der Waals surface area contributed by atoms with E-state index in [4.69, 9.17) is 11.6 Å². The summed E-state index contributed by atoms with van der Waals surface area (Å²) >= 11 is 5.77. The van der Waals surface area contributed by atoms with Gasteiger partial charge in [-0.25, -0.2) is 0 Å². The van der Waals surface area contributed by atoms with Crippen LogP contribution in [-0.2, 0) is 10.2 Å². The predicted molar refractivity (Wildman–Crippen MR) is 55.7 cm³/mol. The zero-order chi connectivity index (χ0) is 10.2. The summed E-state index contributed by atoms with van der Waals surface area (Å²) in [5.74, 6) is 0. The first kappa shape index (κ1) is 9.76. The van der Waals surface area contributed by atoms with Gasteiger partial charge in [-0.15, -0.1) is 0 Å². The van der Waals surface area contributed by atoms with Gasteiger partial charge < -0.3 is 0 Å². The van der Waals surface area contributed by atoms with E-state index in [0.29, 0.717) is 23.8 Å². The van der Waals surface area contributed by atoms with E-state index in [1.54, 1.807) is 24.3 Å². The van der Waals surface area contributed by atoms with Gasteiger partial charge in [0, 0.05) is 18.1 Å². The molecule has 0 unspecified atom stereocenters. The summed E-state index contributed by atoms with van der Waals surface area (Å²) in [5.41, 5.74) is 0.600. The maximum atomic E-state index is 11.4. The van der Waals surface area contributed by atoms with Crippen molar-refractivity contribution in [1.29, 1.82) is 0 Å². The molecule has 0 aliphatic carbocycles. The number of halogens is 1. The summed E-state index contributed by atoms with van der Waals surface area (Å²) in [6, 6.07) is 6.79. The molecular formula is C8H9ClN2O2S. The van der Waals surface area contributed by atoms with Crippen LogP contribution < -0.4 is 9.03 Å². The fourth-order valence-electron chi connectivity index (χ4n) is 1.37. The fourth-order valence-corrected chi connectivity index (χ4v) is 2.79. The normalized spacial score (nSPS) is 19.9. The van der Waals surface area contributed by atoms with Crippen LogP contribution in [0.5, 0.6) is 0 Å². The molecule has 0 radical (unpaired) electrons. The molecule has 0 spiro atoms. The van der Waals surface area contributed by atoms with Gasteiger partial charge in [0.15, 0.2) is 0 Å². The number of anilines is 1. The molecule has 14 heavy (non-hydrogen) atoms. The lowest BCUT2D eigenvalue weighted by atomic mass is 10.3. The topological polar surface area (TPSA) is 49.4 Å². The van der Waals surface area contributed by atoms with Gasteiger partial charge in [0.25, 0.3) is 0 Å². The lowest BCUT2D eigenvalue weighted by Gasteiger charge is -2.15. The van der Waals surface area contributed by atoms with Crippen molar-refractivity contribution < 1.29 is 8.42 Å². The Morgan fingerprint density at radius 3 is 2.79 bits per heavy atom. The van der Waals surface area contributed by atoms with Crippen molar-refractivity contribution in [3.8, 4) is 0 Å². The molecule has 1 aliphatic heterocycles. The van der Waals surface area contributed by atoms with Crippen molar-refractivity contribution in [3.63, 3.8) is 0 Å². The van der Waals surface area contributed by atoms with Gasteiger partial charge in [0.05, 0.1) is 5.69 Å². The summed E-state index contributed by atoms with van der Waals surface area (Å²) in [5, 5.41) is 0.532. The maximum absolute atomic E-state index is 11.4. The Hall–Kier alpha value is -0.780. The van der Waals surface area contributed by atoms with Crippen LogP contribution in [0, 0.1) is 0 Å². The van der Waals surface area contributed by atoms with Crippen molar-refractivity contribution in [2.75, 3.05) is 17.4 Å².